The Balaban J connectivity index is 1.48. The molecule has 1 saturated carbocycles. The molecule has 1 atom stereocenters. The van der Waals surface area contributed by atoms with Crippen molar-refractivity contribution in [2.24, 2.45) is 5.92 Å². The van der Waals surface area contributed by atoms with Crippen molar-refractivity contribution in [3.8, 4) is 10.8 Å². The van der Waals surface area contributed by atoms with Gasteiger partial charge in [-0.05, 0) is 43.6 Å². The van der Waals surface area contributed by atoms with Crippen molar-refractivity contribution >= 4 is 11.3 Å². The second-order valence-corrected chi connectivity index (χ2v) is 7.34. The van der Waals surface area contributed by atoms with Crippen LogP contribution in [-0.2, 0) is 11.3 Å². The molecule has 4 rings (SSSR count). The Kier molecular flexibility index (Phi) is 4.03. The van der Waals surface area contributed by atoms with Crippen LogP contribution in [-0.4, -0.2) is 35.7 Å². The van der Waals surface area contributed by atoms with Gasteiger partial charge in [-0.2, -0.15) is 0 Å². The fourth-order valence-corrected chi connectivity index (χ4v) is 3.76. The van der Waals surface area contributed by atoms with E-state index < -0.39 is 0 Å². The molecule has 1 aliphatic carbocycles. The summed E-state index contributed by atoms with van der Waals surface area (Å²) in [6, 6.07) is 4.84. The highest BCUT2D eigenvalue weighted by molar-refractivity contribution is 7.13. The van der Waals surface area contributed by atoms with Gasteiger partial charge in [0.25, 0.3) is 0 Å². The van der Waals surface area contributed by atoms with Crippen LogP contribution in [0, 0.1) is 12.8 Å². The van der Waals surface area contributed by atoms with E-state index >= 15 is 0 Å². The first-order valence-corrected chi connectivity index (χ1v) is 8.99. The SMILES string of the molecule is Cc1oc(-c2cccs2)nc1CN(CC1CCOC1)C1CC1. The quantitative estimate of drug-likeness (QED) is 0.814. The van der Waals surface area contributed by atoms with E-state index in [1.54, 1.807) is 11.3 Å². The van der Waals surface area contributed by atoms with Crippen LogP contribution < -0.4 is 0 Å². The van der Waals surface area contributed by atoms with Crippen LogP contribution in [0.5, 0.6) is 0 Å². The van der Waals surface area contributed by atoms with Crippen LogP contribution >= 0.6 is 11.3 Å². The number of nitrogens with zero attached hydrogens (tertiary/aromatic N) is 2. The largest absolute Gasteiger partial charge is 0.440 e. The van der Waals surface area contributed by atoms with Crippen LogP contribution in [0.2, 0.25) is 0 Å². The van der Waals surface area contributed by atoms with Gasteiger partial charge in [0.05, 0.1) is 17.2 Å². The molecule has 2 aromatic rings. The van der Waals surface area contributed by atoms with Gasteiger partial charge < -0.3 is 9.15 Å². The molecule has 3 heterocycles. The van der Waals surface area contributed by atoms with Crippen molar-refractivity contribution in [1.29, 1.82) is 0 Å². The Labute approximate surface area is 135 Å². The Hall–Kier alpha value is -1.17. The summed E-state index contributed by atoms with van der Waals surface area (Å²) in [4.78, 5) is 8.44. The van der Waals surface area contributed by atoms with E-state index in [9.17, 15) is 0 Å². The molecule has 4 nitrogen and oxygen atoms in total. The Morgan fingerprint density at radius 3 is 2.95 bits per heavy atom. The van der Waals surface area contributed by atoms with Crippen LogP contribution in [0.15, 0.2) is 21.9 Å². The molecule has 1 aliphatic heterocycles. The summed E-state index contributed by atoms with van der Waals surface area (Å²) in [6.45, 7) is 5.91. The van der Waals surface area contributed by atoms with Crippen molar-refractivity contribution in [1.82, 2.24) is 9.88 Å². The highest BCUT2D eigenvalue weighted by Gasteiger charge is 2.32. The van der Waals surface area contributed by atoms with Crippen LogP contribution in [0.3, 0.4) is 0 Å². The number of hydrogen-bond acceptors (Lipinski definition) is 5. The Morgan fingerprint density at radius 1 is 1.36 bits per heavy atom. The number of hydrogen-bond donors (Lipinski definition) is 0. The molecule has 2 fully saturated rings. The second-order valence-electron chi connectivity index (χ2n) is 6.39. The lowest BCUT2D eigenvalue weighted by atomic mass is 10.1. The lowest BCUT2D eigenvalue weighted by Crippen LogP contribution is -2.31. The van der Waals surface area contributed by atoms with Crippen molar-refractivity contribution in [3.63, 3.8) is 0 Å². The average molecular weight is 318 g/mol. The van der Waals surface area contributed by atoms with Gasteiger partial charge in [-0.1, -0.05) is 6.07 Å². The first-order valence-electron chi connectivity index (χ1n) is 8.11. The Morgan fingerprint density at radius 2 is 2.27 bits per heavy atom. The standard InChI is InChI=1S/C17H22N2O2S/c1-12-15(18-17(21-12)16-3-2-8-22-16)10-19(14-4-5-14)9-13-6-7-20-11-13/h2-3,8,13-14H,4-7,9-11H2,1H3. The fourth-order valence-electron chi connectivity index (χ4n) is 3.11. The molecule has 5 heteroatoms. The van der Waals surface area contributed by atoms with E-state index in [0.717, 1.165) is 54.6 Å². The molecule has 0 aromatic carbocycles. The van der Waals surface area contributed by atoms with Gasteiger partial charge in [0.1, 0.15) is 5.76 Å². The summed E-state index contributed by atoms with van der Waals surface area (Å²) in [5.74, 6) is 2.41. The molecule has 118 valence electrons. The monoisotopic (exact) mass is 318 g/mol. The van der Waals surface area contributed by atoms with Gasteiger partial charge in [-0.25, -0.2) is 4.98 Å². The molecule has 0 radical (unpaired) electrons. The molecular formula is C17H22N2O2S. The molecule has 1 saturated heterocycles. The topological polar surface area (TPSA) is 38.5 Å². The predicted octanol–water partition coefficient (Wildman–Crippen LogP) is 3.71. The molecule has 2 aliphatic rings. The van der Waals surface area contributed by atoms with Crippen molar-refractivity contribution in [2.45, 2.75) is 38.8 Å². The van der Waals surface area contributed by atoms with Gasteiger partial charge in [-0.15, -0.1) is 11.3 Å². The van der Waals surface area contributed by atoms with Gasteiger partial charge in [-0.3, -0.25) is 4.90 Å². The van der Waals surface area contributed by atoms with Crippen molar-refractivity contribution in [3.05, 3.63) is 29.0 Å². The highest BCUT2D eigenvalue weighted by Crippen LogP contribution is 2.32. The number of aryl methyl sites for hydroxylation is 1. The molecule has 2 aromatic heterocycles. The van der Waals surface area contributed by atoms with E-state index in [1.165, 1.54) is 19.3 Å². The smallest absolute Gasteiger partial charge is 0.236 e. The van der Waals surface area contributed by atoms with E-state index in [4.69, 9.17) is 14.1 Å². The first kappa shape index (κ1) is 14.4. The zero-order valence-electron chi connectivity index (χ0n) is 13.0. The van der Waals surface area contributed by atoms with Crippen molar-refractivity contribution < 1.29 is 9.15 Å². The molecule has 0 spiro atoms. The summed E-state index contributed by atoms with van der Waals surface area (Å²) in [7, 11) is 0. The van der Waals surface area contributed by atoms with Crippen LogP contribution in [0.4, 0.5) is 0 Å². The van der Waals surface area contributed by atoms with Gasteiger partial charge in [0.15, 0.2) is 0 Å². The average Bonchev–Trinajstić information content (AvgIpc) is 2.95. The molecule has 0 amide bonds. The summed E-state index contributed by atoms with van der Waals surface area (Å²) >= 11 is 1.68. The maximum Gasteiger partial charge on any atom is 0.236 e. The summed E-state index contributed by atoms with van der Waals surface area (Å²) in [6.07, 6.45) is 3.84. The number of thiophene rings is 1. The van der Waals surface area contributed by atoms with E-state index in [1.807, 2.05) is 13.0 Å². The van der Waals surface area contributed by atoms with Gasteiger partial charge >= 0.3 is 0 Å². The third-order valence-electron chi connectivity index (χ3n) is 4.56. The maximum absolute atomic E-state index is 5.88. The molecular weight excluding hydrogens is 296 g/mol. The molecule has 1 unspecified atom stereocenters. The molecule has 0 bridgehead atoms. The zero-order chi connectivity index (χ0) is 14.9. The third-order valence-corrected chi connectivity index (χ3v) is 5.42. The Bertz CT molecular complexity index is 613. The highest BCUT2D eigenvalue weighted by atomic mass is 32.1. The van der Waals surface area contributed by atoms with Crippen LogP contribution in [0.25, 0.3) is 10.8 Å². The van der Waals surface area contributed by atoms with Gasteiger partial charge in [0.2, 0.25) is 5.89 Å². The lowest BCUT2D eigenvalue weighted by molar-refractivity contribution is 0.160. The second kappa shape index (κ2) is 6.14. The normalized spacial score (nSPS) is 21.8. The number of ether oxygens (including phenoxy) is 1. The van der Waals surface area contributed by atoms with Crippen LogP contribution in [0.1, 0.15) is 30.7 Å². The fraction of sp³-hybridized carbons (Fsp3) is 0.588. The zero-order valence-corrected chi connectivity index (χ0v) is 13.8. The minimum atomic E-state index is 0.685. The summed E-state index contributed by atoms with van der Waals surface area (Å²) < 4.78 is 11.4. The van der Waals surface area contributed by atoms with Gasteiger partial charge in [0, 0.05) is 25.7 Å². The molecule has 22 heavy (non-hydrogen) atoms. The number of oxazole rings is 1. The minimum Gasteiger partial charge on any atom is -0.440 e. The van der Waals surface area contributed by atoms with Crippen molar-refractivity contribution in [2.75, 3.05) is 19.8 Å². The van der Waals surface area contributed by atoms with E-state index in [0.29, 0.717) is 5.92 Å². The van der Waals surface area contributed by atoms with E-state index in [2.05, 4.69) is 16.3 Å². The minimum absolute atomic E-state index is 0.685. The third kappa shape index (κ3) is 3.12. The first-order chi connectivity index (χ1) is 10.8. The van der Waals surface area contributed by atoms with E-state index in [-0.39, 0.29) is 0 Å². The summed E-state index contributed by atoms with van der Waals surface area (Å²) in [5, 5.41) is 2.06. The number of aromatic nitrogens is 1. The molecule has 0 N–H and O–H groups in total. The summed E-state index contributed by atoms with van der Waals surface area (Å²) in [5.41, 5.74) is 1.09. The maximum atomic E-state index is 5.88. The lowest BCUT2D eigenvalue weighted by Gasteiger charge is -2.23. The predicted molar refractivity (Wildman–Crippen MR) is 86.9 cm³/mol. The number of rotatable bonds is 6.